The Kier molecular flexibility index (Phi) is 6.50. The molecule has 3 fully saturated rings. The van der Waals surface area contributed by atoms with Crippen LogP contribution in [0.1, 0.15) is 43.5 Å². The third-order valence-corrected chi connectivity index (χ3v) is 6.51. The number of nitrogens with zero attached hydrogens (tertiary/aromatic N) is 3. The number of hydrogen-bond acceptors (Lipinski definition) is 5. The number of morpholine rings is 1. The summed E-state index contributed by atoms with van der Waals surface area (Å²) in [5.41, 5.74) is 1.75. The van der Waals surface area contributed by atoms with Gasteiger partial charge in [-0.1, -0.05) is 0 Å². The fraction of sp³-hybridized carbons (Fsp3) is 0.762. The normalized spacial score (nSPS) is 25.3. The molecule has 0 bridgehead atoms. The van der Waals surface area contributed by atoms with E-state index in [2.05, 4.69) is 20.2 Å². The lowest BCUT2D eigenvalue weighted by Gasteiger charge is -2.33. The van der Waals surface area contributed by atoms with Gasteiger partial charge in [-0.25, -0.2) is 4.98 Å². The minimum atomic E-state index is 0.0133. The van der Waals surface area contributed by atoms with Crippen molar-refractivity contribution >= 4 is 11.8 Å². The van der Waals surface area contributed by atoms with E-state index in [4.69, 9.17) is 4.74 Å². The largest absolute Gasteiger partial charge is 0.378 e. The number of likely N-dealkylation sites (tertiary alicyclic amines) is 1. The van der Waals surface area contributed by atoms with Gasteiger partial charge in [0.25, 0.3) is 0 Å². The lowest BCUT2D eigenvalue weighted by molar-refractivity contribution is -0.136. The molecule has 2 saturated heterocycles. The van der Waals surface area contributed by atoms with Gasteiger partial charge >= 0.3 is 0 Å². The Balaban J connectivity index is 1.30. The first-order valence-corrected chi connectivity index (χ1v) is 11.0. The second-order valence-corrected chi connectivity index (χ2v) is 8.68. The van der Waals surface area contributed by atoms with Crippen LogP contribution >= 0.6 is 0 Å². The number of carbonyl (C=O) groups is 2. The van der Waals surface area contributed by atoms with Crippen LogP contribution in [-0.2, 0) is 20.7 Å². The first-order chi connectivity index (χ1) is 14.1. The molecule has 4 rings (SSSR count). The molecule has 8 heteroatoms. The average Bonchev–Trinajstić information content (AvgIpc) is 3.35. The molecule has 29 heavy (non-hydrogen) atoms. The molecule has 2 N–H and O–H groups in total. The van der Waals surface area contributed by atoms with E-state index in [1.54, 1.807) is 6.33 Å². The van der Waals surface area contributed by atoms with Crippen LogP contribution in [0.3, 0.4) is 0 Å². The number of ether oxygens (including phenoxy) is 1. The quantitative estimate of drug-likeness (QED) is 0.672. The van der Waals surface area contributed by atoms with Gasteiger partial charge in [0.05, 0.1) is 31.7 Å². The number of amides is 2. The number of aromatic nitrogens is 2. The van der Waals surface area contributed by atoms with Gasteiger partial charge in [0, 0.05) is 50.4 Å². The van der Waals surface area contributed by atoms with Crippen LogP contribution in [0.25, 0.3) is 0 Å². The molecule has 1 saturated carbocycles. The summed E-state index contributed by atoms with van der Waals surface area (Å²) in [4.78, 5) is 36.8. The van der Waals surface area contributed by atoms with E-state index in [1.807, 2.05) is 11.8 Å². The van der Waals surface area contributed by atoms with Crippen LogP contribution in [-0.4, -0.2) is 83.1 Å². The van der Waals surface area contributed by atoms with Crippen molar-refractivity contribution < 1.29 is 14.3 Å². The summed E-state index contributed by atoms with van der Waals surface area (Å²) in [5, 5.41) is 3.10. The van der Waals surface area contributed by atoms with Crippen molar-refractivity contribution in [2.45, 2.75) is 57.5 Å². The Bertz CT molecular complexity index is 711. The lowest BCUT2D eigenvalue weighted by Crippen LogP contribution is -2.47. The number of hydrogen-bond donors (Lipinski definition) is 2. The van der Waals surface area contributed by atoms with E-state index in [9.17, 15) is 9.59 Å². The van der Waals surface area contributed by atoms with Crippen LogP contribution in [0.2, 0.25) is 0 Å². The topological polar surface area (TPSA) is 90.6 Å². The maximum Gasteiger partial charge on any atom is 0.226 e. The van der Waals surface area contributed by atoms with Gasteiger partial charge in [-0.2, -0.15) is 0 Å². The van der Waals surface area contributed by atoms with Gasteiger partial charge in [-0.05, 0) is 38.5 Å². The molecule has 2 amide bonds. The van der Waals surface area contributed by atoms with Crippen LogP contribution in [0.15, 0.2) is 6.33 Å². The maximum atomic E-state index is 12.7. The predicted octanol–water partition coefficient (Wildman–Crippen LogP) is 0.869. The molecule has 2 aliphatic heterocycles. The zero-order valence-corrected chi connectivity index (χ0v) is 17.4. The Morgan fingerprint density at radius 3 is 2.66 bits per heavy atom. The zero-order valence-electron chi connectivity index (χ0n) is 17.4. The van der Waals surface area contributed by atoms with Gasteiger partial charge in [0.15, 0.2) is 0 Å². The third kappa shape index (κ3) is 5.36. The second kappa shape index (κ2) is 9.26. The molecule has 2 atom stereocenters. The minimum Gasteiger partial charge on any atom is -0.378 e. The molecule has 160 valence electrons. The molecule has 1 aliphatic carbocycles. The number of H-pyrrole nitrogens is 1. The Morgan fingerprint density at radius 2 is 1.97 bits per heavy atom. The van der Waals surface area contributed by atoms with Crippen LogP contribution in [0.4, 0.5) is 0 Å². The first-order valence-electron chi connectivity index (χ1n) is 11.0. The Morgan fingerprint density at radius 1 is 1.21 bits per heavy atom. The van der Waals surface area contributed by atoms with Crippen molar-refractivity contribution in [2.75, 3.05) is 39.4 Å². The molecule has 0 unspecified atom stereocenters. The molecular weight excluding hydrogens is 370 g/mol. The van der Waals surface area contributed by atoms with Crippen LogP contribution in [0.5, 0.6) is 0 Å². The van der Waals surface area contributed by atoms with Crippen LogP contribution in [0, 0.1) is 12.8 Å². The Labute approximate surface area is 172 Å². The van der Waals surface area contributed by atoms with Gasteiger partial charge in [-0.3, -0.25) is 14.5 Å². The number of aromatic amines is 1. The third-order valence-electron chi connectivity index (χ3n) is 6.51. The van der Waals surface area contributed by atoms with Crippen molar-refractivity contribution in [3.8, 4) is 0 Å². The molecule has 3 aliphatic rings. The van der Waals surface area contributed by atoms with E-state index < -0.39 is 0 Å². The number of aryl methyl sites for hydroxylation is 1. The number of imidazole rings is 1. The second-order valence-electron chi connectivity index (χ2n) is 8.68. The number of carbonyl (C=O) groups excluding carboxylic acids is 2. The molecule has 0 spiro atoms. The summed E-state index contributed by atoms with van der Waals surface area (Å²) < 4.78 is 5.37. The lowest BCUT2D eigenvalue weighted by atomic mass is 10.1. The van der Waals surface area contributed by atoms with Gasteiger partial charge < -0.3 is 19.9 Å². The van der Waals surface area contributed by atoms with Crippen molar-refractivity contribution in [3.05, 3.63) is 17.7 Å². The molecule has 1 aromatic rings. The fourth-order valence-electron chi connectivity index (χ4n) is 4.50. The van der Waals surface area contributed by atoms with E-state index in [0.717, 1.165) is 36.7 Å². The van der Waals surface area contributed by atoms with Crippen molar-refractivity contribution in [3.63, 3.8) is 0 Å². The van der Waals surface area contributed by atoms with Crippen molar-refractivity contribution in [2.24, 2.45) is 5.92 Å². The predicted molar refractivity (Wildman–Crippen MR) is 108 cm³/mol. The van der Waals surface area contributed by atoms with Gasteiger partial charge in [-0.15, -0.1) is 0 Å². The van der Waals surface area contributed by atoms with Crippen LogP contribution < -0.4 is 5.32 Å². The molecule has 0 aromatic carbocycles. The van der Waals surface area contributed by atoms with E-state index in [-0.39, 0.29) is 11.8 Å². The van der Waals surface area contributed by atoms with E-state index in [1.165, 1.54) is 12.8 Å². The highest BCUT2D eigenvalue weighted by Gasteiger charge is 2.38. The molecule has 3 heterocycles. The van der Waals surface area contributed by atoms with E-state index in [0.29, 0.717) is 57.8 Å². The minimum absolute atomic E-state index is 0.0133. The summed E-state index contributed by atoms with van der Waals surface area (Å²) in [6.45, 7) is 6.34. The number of rotatable bonds is 8. The standard InChI is InChI=1S/C21H33N5O3/c1-15-19(24-14-23-15)11-20(27)22-12-18-5-4-17(26(18)13-16-2-3-16)10-21(28)25-6-8-29-9-7-25/h14,16-18H,2-13H2,1H3,(H,22,27)(H,23,24)/t17-,18+/m1/s1. The smallest absolute Gasteiger partial charge is 0.226 e. The highest BCUT2D eigenvalue weighted by atomic mass is 16.5. The SMILES string of the molecule is Cc1[nH]cnc1CC(=O)NC[C@@H]1CC[C@H](CC(=O)N2CCOCC2)N1CC1CC1. The maximum absolute atomic E-state index is 12.7. The van der Waals surface area contributed by atoms with Gasteiger partial charge in [0.1, 0.15) is 0 Å². The van der Waals surface area contributed by atoms with Crippen molar-refractivity contribution in [1.29, 1.82) is 0 Å². The zero-order chi connectivity index (χ0) is 20.2. The summed E-state index contributed by atoms with van der Waals surface area (Å²) >= 11 is 0. The molecule has 8 nitrogen and oxygen atoms in total. The first kappa shape index (κ1) is 20.3. The Hall–Kier alpha value is -1.93. The summed E-state index contributed by atoms with van der Waals surface area (Å²) in [5.74, 6) is 1.02. The van der Waals surface area contributed by atoms with E-state index >= 15 is 0 Å². The highest BCUT2D eigenvalue weighted by Crippen LogP contribution is 2.35. The van der Waals surface area contributed by atoms with Crippen molar-refractivity contribution in [1.82, 2.24) is 25.1 Å². The molecule has 0 radical (unpaired) electrons. The molecular formula is C21H33N5O3. The fourth-order valence-corrected chi connectivity index (χ4v) is 4.50. The summed E-state index contributed by atoms with van der Waals surface area (Å²) in [7, 11) is 0. The molecule has 1 aromatic heterocycles. The monoisotopic (exact) mass is 403 g/mol. The summed E-state index contributed by atoms with van der Waals surface area (Å²) in [6, 6.07) is 0.615. The number of nitrogens with one attached hydrogen (secondary N) is 2. The average molecular weight is 404 g/mol. The highest BCUT2D eigenvalue weighted by molar-refractivity contribution is 5.78. The summed E-state index contributed by atoms with van der Waals surface area (Å²) in [6.07, 6.45) is 7.17. The van der Waals surface area contributed by atoms with Gasteiger partial charge in [0.2, 0.25) is 11.8 Å².